The molecule has 1 fully saturated rings. The number of hydrogen-bond donors (Lipinski definition) is 2. The number of esters is 1. The Labute approximate surface area is 210 Å². The number of benzene rings is 1. The van der Waals surface area contributed by atoms with Gasteiger partial charge in [0, 0.05) is 43.0 Å². The highest BCUT2D eigenvalue weighted by atomic mass is 16.5. The van der Waals surface area contributed by atoms with Crippen molar-refractivity contribution >= 4 is 23.6 Å². The molecule has 0 spiro atoms. The first kappa shape index (κ1) is 25.5. The summed E-state index contributed by atoms with van der Waals surface area (Å²) in [6.07, 6.45) is 1.41. The van der Waals surface area contributed by atoms with E-state index >= 15 is 0 Å². The molecule has 36 heavy (non-hydrogen) atoms. The number of carbonyl (C=O) groups is 3. The number of rotatable bonds is 7. The Bertz CT molecular complexity index is 1190. The van der Waals surface area contributed by atoms with E-state index in [1.54, 1.807) is 48.2 Å². The van der Waals surface area contributed by atoms with Crippen molar-refractivity contribution < 1.29 is 19.1 Å². The number of ether oxygens (including phenoxy) is 1. The molecule has 1 aromatic heterocycles. The Morgan fingerprint density at radius 1 is 1.08 bits per heavy atom. The number of pyridine rings is 1. The van der Waals surface area contributed by atoms with E-state index in [1.807, 2.05) is 24.5 Å². The lowest BCUT2D eigenvalue weighted by Gasteiger charge is -2.43. The number of likely N-dealkylation sites (tertiary alicyclic amines) is 1. The molecule has 2 aliphatic rings. The number of nitrogens with zero attached hydrogens (tertiary/aromatic N) is 2. The molecule has 192 valence electrons. The molecule has 2 aliphatic heterocycles. The van der Waals surface area contributed by atoms with Gasteiger partial charge >= 0.3 is 12.0 Å². The summed E-state index contributed by atoms with van der Waals surface area (Å²) in [7, 11) is 0. The predicted octanol–water partition coefficient (Wildman–Crippen LogP) is 3.21. The van der Waals surface area contributed by atoms with E-state index in [0.717, 1.165) is 12.1 Å². The van der Waals surface area contributed by atoms with E-state index < -0.39 is 12.0 Å². The summed E-state index contributed by atoms with van der Waals surface area (Å²) in [5, 5.41) is 5.77. The molecule has 0 saturated carbocycles. The molecule has 0 radical (unpaired) electrons. The second kappa shape index (κ2) is 11.0. The number of carbonyl (C=O) groups excluding carboxylic acids is 3. The fourth-order valence-electron chi connectivity index (χ4n) is 5.17. The van der Waals surface area contributed by atoms with Gasteiger partial charge in [-0.3, -0.25) is 9.59 Å². The van der Waals surface area contributed by atoms with Crippen LogP contribution >= 0.6 is 0 Å². The van der Waals surface area contributed by atoms with E-state index in [1.165, 1.54) is 0 Å². The zero-order valence-corrected chi connectivity index (χ0v) is 21.0. The average Bonchev–Trinajstić information content (AvgIpc) is 2.84. The number of fused-ring (bicyclic) bond motifs is 4. The molecule has 4 rings (SSSR count). The molecular weight excluding hydrogens is 460 g/mol. The second-order valence-electron chi connectivity index (χ2n) is 10.0. The predicted molar refractivity (Wildman–Crippen MR) is 136 cm³/mol. The second-order valence-corrected chi connectivity index (χ2v) is 10.0. The monoisotopic (exact) mass is 494 g/mol. The van der Waals surface area contributed by atoms with Gasteiger partial charge in [-0.15, -0.1) is 0 Å². The van der Waals surface area contributed by atoms with Crippen molar-refractivity contribution in [3.8, 4) is 0 Å². The smallest absolute Gasteiger partial charge is 0.338 e. The summed E-state index contributed by atoms with van der Waals surface area (Å²) in [5.41, 5.74) is 1.77. The van der Waals surface area contributed by atoms with Crippen molar-refractivity contribution in [3.63, 3.8) is 0 Å². The number of piperidine rings is 1. The zero-order valence-electron chi connectivity index (χ0n) is 21.0. The van der Waals surface area contributed by atoms with Gasteiger partial charge in [-0.1, -0.05) is 26.0 Å². The lowest BCUT2D eigenvalue weighted by molar-refractivity contribution is -0.118. The third-order valence-electron chi connectivity index (χ3n) is 6.73. The van der Waals surface area contributed by atoms with Crippen molar-refractivity contribution in [1.82, 2.24) is 14.8 Å². The van der Waals surface area contributed by atoms with Crippen LogP contribution in [0.5, 0.6) is 0 Å². The molecular formula is C27H34N4O5. The first-order chi connectivity index (χ1) is 17.2. The Balaban J connectivity index is 1.44. The van der Waals surface area contributed by atoms with Crippen LogP contribution in [-0.4, -0.2) is 53.1 Å². The Morgan fingerprint density at radius 3 is 2.61 bits per heavy atom. The van der Waals surface area contributed by atoms with Gasteiger partial charge in [0.15, 0.2) is 0 Å². The summed E-state index contributed by atoms with van der Waals surface area (Å²) < 4.78 is 6.86. The van der Waals surface area contributed by atoms with Crippen LogP contribution in [0.25, 0.3) is 0 Å². The third kappa shape index (κ3) is 5.78. The van der Waals surface area contributed by atoms with E-state index in [4.69, 9.17) is 4.74 Å². The minimum absolute atomic E-state index is 0.000737. The van der Waals surface area contributed by atoms with Crippen LogP contribution in [0.3, 0.4) is 0 Å². The first-order valence-corrected chi connectivity index (χ1v) is 12.6. The Kier molecular flexibility index (Phi) is 7.76. The summed E-state index contributed by atoms with van der Waals surface area (Å²) in [5.74, 6) is -0.330. The van der Waals surface area contributed by atoms with E-state index in [-0.39, 0.29) is 41.9 Å². The first-order valence-electron chi connectivity index (χ1n) is 12.6. The van der Waals surface area contributed by atoms with Crippen LogP contribution in [-0.2, 0) is 16.1 Å². The van der Waals surface area contributed by atoms with Gasteiger partial charge in [-0.05, 0) is 55.9 Å². The standard InChI is InChI=1S/C27H34N4O5/c1-4-36-26(34)19-7-5-8-21(13-19)28-25(33)22(11-17(2)3)29-27(35)30-14-18-12-20(16-30)23-9-6-10-24(32)31(23)15-18/h5-10,13,17-18,20,22H,4,11-12,14-16H2,1-3H3,(H,28,33)(H,29,35)/t18-,20+,22-/m0/s1. The van der Waals surface area contributed by atoms with Crippen LogP contribution in [0.2, 0.25) is 0 Å². The third-order valence-corrected chi connectivity index (χ3v) is 6.73. The number of hydrogen-bond acceptors (Lipinski definition) is 5. The normalized spacial score (nSPS) is 19.3. The minimum Gasteiger partial charge on any atom is -0.462 e. The number of aromatic nitrogens is 1. The fourth-order valence-corrected chi connectivity index (χ4v) is 5.17. The summed E-state index contributed by atoms with van der Waals surface area (Å²) in [6.45, 7) is 7.63. The molecule has 3 heterocycles. The zero-order chi connectivity index (χ0) is 25.8. The lowest BCUT2D eigenvalue weighted by atomic mass is 9.83. The highest BCUT2D eigenvalue weighted by Crippen LogP contribution is 2.35. The van der Waals surface area contributed by atoms with Crippen molar-refractivity contribution in [2.24, 2.45) is 11.8 Å². The number of nitrogens with one attached hydrogen (secondary N) is 2. The molecule has 3 atom stereocenters. The average molecular weight is 495 g/mol. The van der Waals surface area contributed by atoms with Crippen LogP contribution < -0.4 is 16.2 Å². The van der Waals surface area contributed by atoms with Crippen molar-refractivity contribution in [2.45, 2.75) is 52.1 Å². The topological polar surface area (TPSA) is 110 Å². The number of urea groups is 1. The maximum Gasteiger partial charge on any atom is 0.338 e. The molecule has 0 unspecified atom stereocenters. The lowest BCUT2D eigenvalue weighted by Crippen LogP contribution is -2.55. The molecule has 3 amide bonds. The number of anilines is 1. The van der Waals surface area contributed by atoms with Crippen molar-refractivity contribution in [2.75, 3.05) is 25.0 Å². The van der Waals surface area contributed by atoms with E-state index in [2.05, 4.69) is 10.6 Å². The molecule has 2 N–H and O–H groups in total. The highest BCUT2D eigenvalue weighted by molar-refractivity contribution is 5.98. The fraction of sp³-hybridized carbons (Fsp3) is 0.481. The Morgan fingerprint density at radius 2 is 1.86 bits per heavy atom. The van der Waals surface area contributed by atoms with Crippen molar-refractivity contribution in [3.05, 3.63) is 64.1 Å². The minimum atomic E-state index is -0.736. The molecule has 1 aromatic carbocycles. The number of amides is 3. The van der Waals surface area contributed by atoms with Crippen molar-refractivity contribution in [1.29, 1.82) is 0 Å². The van der Waals surface area contributed by atoms with Crippen LogP contribution in [0.15, 0.2) is 47.3 Å². The molecule has 9 heteroatoms. The van der Waals surface area contributed by atoms with Gasteiger partial charge in [0.05, 0.1) is 12.2 Å². The van der Waals surface area contributed by atoms with E-state index in [9.17, 15) is 19.2 Å². The molecule has 9 nitrogen and oxygen atoms in total. The summed E-state index contributed by atoms with van der Waals surface area (Å²) >= 11 is 0. The molecule has 1 saturated heterocycles. The van der Waals surface area contributed by atoms with Crippen LogP contribution in [0.4, 0.5) is 10.5 Å². The quantitative estimate of drug-likeness (QED) is 0.575. The maximum absolute atomic E-state index is 13.3. The molecule has 2 bridgehead atoms. The summed E-state index contributed by atoms with van der Waals surface area (Å²) in [6, 6.07) is 10.9. The largest absolute Gasteiger partial charge is 0.462 e. The highest BCUT2D eigenvalue weighted by Gasteiger charge is 2.37. The van der Waals surface area contributed by atoms with Gasteiger partial charge in [0.25, 0.3) is 5.56 Å². The summed E-state index contributed by atoms with van der Waals surface area (Å²) in [4.78, 5) is 52.5. The van der Waals surface area contributed by atoms with Gasteiger partial charge in [0.2, 0.25) is 5.91 Å². The van der Waals surface area contributed by atoms with Gasteiger partial charge < -0.3 is 24.8 Å². The van der Waals surface area contributed by atoms with Gasteiger partial charge in [0.1, 0.15) is 6.04 Å². The maximum atomic E-state index is 13.3. The van der Waals surface area contributed by atoms with Crippen LogP contribution in [0, 0.1) is 11.8 Å². The van der Waals surface area contributed by atoms with E-state index in [0.29, 0.717) is 37.3 Å². The molecule has 2 aromatic rings. The van der Waals surface area contributed by atoms with Gasteiger partial charge in [-0.2, -0.15) is 0 Å². The van der Waals surface area contributed by atoms with Gasteiger partial charge in [-0.25, -0.2) is 9.59 Å². The van der Waals surface area contributed by atoms with Crippen LogP contribution in [0.1, 0.15) is 55.6 Å². The SMILES string of the molecule is CCOC(=O)c1cccc(NC(=O)[C@H](CC(C)C)NC(=O)N2C[C@@H]3C[C@H](C2)c2cccc(=O)n2C3)c1. The molecule has 0 aliphatic carbocycles. The Hall–Kier alpha value is -3.62.